The van der Waals surface area contributed by atoms with Crippen LogP contribution in [0.4, 0.5) is 26.3 Å². The van der Waals surface area contributed by atoms with Gasteiger partial charge in [-0.1, -0.05) is 0 Å². The van der Waals surface area contributed by atoms with Crippen LogP contribution in [0.5, 0.6) is 0 Å². The Bertz CT molecular complexity index is 312. The highest BCUT2D eigenvalue weighted by Crippen LogP contribution is 2.15. The Labute approximate surface area is 97.7 Å². The summed E-state index contributed by atoms with van der Waals surface area (Å²) in [6.45, 7) is 2.52. The van der Waals surface area contributed by atoms with E-state index in [1.54, 1.807) is 0 Å². The van der Waals surface area contributed by atoms with Crippen molar-refractivity contribution in [2.75, 3.05) is 6.54 Å². The largest absolute Gasteiger partial charge is 0.471 e. The molecule has 0 aromatic rings. The predicted octanol–water partition coefficient (Wildman–Crippen LogP) is 0.936. The number of hydrogen-bond acceptors (Lipinski definition) is 2. The predicted molar refractivity (Wildman–Crippen MR) is 47.0 cm³/mol. The summed E-state index contributed by atoms with van der Waals surface area (Å²) in [7, 11) is 0. The summed E-state index contributed by atoms with van der Waals surface area (Å²) in [5.41, 5.74) is 0. The molecule has 0 aliphatic carbocycles. The van der Waals surface area contributed by atoms with Crippen molar-refractivity contribution in [2.45, 2.75) is 24.8 Å². The maximum absolute atomic E-state index is 11.8. The van der Waals surface area contributed by atoms with Crippen LogP contribution in [0.15, 0.2) is 0 Å². The first-order valence-electron chi connectivity index (χ1n) is 4.50. The highest BCUT2D eigenvalue weighted by atomic mass is 19.4. The zero-order chi connectivity index (χ0) is 14.6. The standard InChI is InChI=1S/C8H9F6N2O2/c1-4(16-6(18)8(12,13)14)2-3-15-5(17)7(9,10)11/h4H,1-3H2,(H,15,17)(H,16,18). The SMILES string of the molecule is [CH2]C(CCNC(=O)C(F)(F)F)NC(=O)C(F)(F)F. The second-order valence-electron chi connectivity index (χ2n) is 3.21. The third-order valence-electron chi connectivity index (χ3n) is 1.63. The minimum atomic E-state index is -5.09. The van der Waals surface area contributed by atoms with E-state index in [0.29, 0.717) is 0 Å². The van der Waals surface area contributed by atoms with Gasteiger partial charge in [-0.05, 0) is 13.3 Å². The number of nitrogens with one attached hydrogen (secondary N) is 2. The highest BCUT2D eigenvalue weighted by molar-refractivity contribution is 5.82. The lowest BCUT2D eigenvalue weighted by molar-refractivity contribution is -0.174. The molecule has 0 aromatic carbocycles. The van der Waals surface area contributed by atoms with Gasteiger partial charge in [0, 0.05) is 12.6 Å². The lowest BCUT2D eigenvalue weighted by Crippen LogP contribution is -2.44. The fourth-order valence-corrected chi connectivity index (χ4v) is 0.800. The van der Waals surface area contributed by atoms with Crippen LogP contribution >= 0.6 is 0 Å². The molecule has 0 rings (SSSR count). The molecule has 1 radical (unpaired) electrons. The van der Waals surface area contributed by atoms with Gasteiger partial charge in [0.05, 0.1) is 0 Å². The van der Waals surface area contributed by atoms with Gasteiger partial charge in [-0.3, -0.25) is 9.59 Å². The average molecular weight is 279 g/mol. The van der Waals surface area contributed by atoms with Gasteiger partial charge < -0.3 is 10.6 Å². The molecular formula is C8H9F6N2O2. The van der Waals surface area contributed by atoms with E-state index in [0.717, 1.165) is 0 Å². The molecule has 0 spiro atoms. The van der Waals surface area contributed by atoms with Crippen molar-refractivity contribution >= 4 is 11.8 Å². The first-order valence-corrected chi connectivity index (χ1v) is 4.50. The molecule has 1 unspecified atom stereocenters. The van der Waals surface area contributed by atoms with E-state index in [1.165, 1.54) is 10.6 Å². The number of carbonyl (C=O) groups excluding carboxylic acids is 2. The number of alkyl halides is 6. The molecule has 1 atom stereocenters. The third kappa shape index (κ3) is 6.30. The van der Waals surface area contributed by atoms with Gasteiger partial charge in [0.25, 0.3) is 0 Å². The first-order chi connectivity index (χ1) is 7.94. The van der Waals surface area contributed by atoms with E-state index in [4.69, 9.17) is 0 Å². The second-order valence-corrected chi connectivity index (χ2v) is 3.21. The Balaban J connectivity index is 3.96. The zero-order valence-electron chi connectivity index (χ0n) is 8.78. The Kier molecular flexibility index (Phi) is 5.43. The molecule has 2 N–H and O–H groups in total. The summed E-state index contributed by atoms with van der Waals surface area (Å²) >= 11 is 0. The number of amides is 2. The first kappa shape index (κ1) is 16.5. The second kappa shape index (κ2) is 5.91. The summed E-state index contributed by atoms with van der Waals surface area (Å²) in [5, 5.41) is 2.85. The molecule has 0 saturated carbocycles. The summed E-state index contributed by atoms with van der Waals surface area (Å²) in [4.78, 5) is 20.7. The van der Waals surface area contributed by atoms with Gasteiger partial charge in [-0.25, -0.2) is 0 Å². The smallest absolute Gasteiger partial charge is 0.348 e. The Morgan fingerprint density at radius 3 is 1.83 bits per heavy atom. The molecular weight excluding hydrogens is 270 g/mol. The third-order valence-corrected chi connectivity index (χ3v) is 1.63. The average Bonchev–Trinajstić information content (AvgIpc) is 2.14. The normalized spacial score (nSPS) is 13.9. The summed E-state index contributed by atoms with van der Waals surface area (Å²) in [6.07, 6.45) is -10.5. The van der Waals surface area contributed by atoms with Crippen LogP contribution in [0, 0.1) is 6.92 Å². The Morgan fingerprint density at radius 1 is 1.00 bits per heavy atom. The van der Waals surface area contributed by atoms with E-state index < -0.39 is 36.8 Å². The van der Waals surface area contributed by atoms with Gasteiger partial charge in [-0.15, -0.1) is 0 Å². The van der Waals surface area contributed by atoms with Crippen molar-refractivity contribution in [2.24, 2.45) is 0 Å². The molecule has 0 fully saturated rings. The van der Waals surface area contributed by atoms with Crippen LogP contribution in [0.3, 0.4) is 0 Å². The van der Waals surface area contributed by atoms with Crippen molar-refractivity contribution < 1.29 is 35.9 Å². The highest BCUT2D eigenvalue weighted by Gasteiger charge is 2.40. The van der Waals surface area contributed by atoms with Crippen molar-refractivity contribution in [1.29, 1.82) is 0 Å². The summed E-state index contributed by atoms with van der Waals surface area (Å²) in [6, 6.07) is -1.27. The molecule has 0 heterocycles. The van der Waals surface area contributed by atoms with Gasteiger partial charge in [0.15, 0.2) is 0 Å². The van der Waals surface area contributed by atoms with E-state index >= 15 is 0 Å². The Morgan fingerprint density at radius 2 is 1.44 bits per heavy atom. The molecule has 0 bridgehead atoms. The molecule has 0 aliphatic rings. The number of carbonyl (C=O) groups is 2. The van der Waals surface area contributed by atoms with E-state index in [2.05, 4.69) is 6.92 Å². The molecule has 0 aromatic heterocycles. The van der Waals surface area contributed by atoms with Crippen molar-refractivity contribution in [3.63, 3.8) is 0 Å². The summed E-state index contributed by atoms with van der Waals surface area (Å²) in [5.74, 6) is -4.46. The van der Waals surface area contributed by atoms with E-state index in [-0.39, 0.29) is 6.42 Å². The van der Waals surface area contributed by atoms with Crippen LogP contribution in [0.1, 0.15) is 6.42 Å². The molecule has 4 nitrogen and oxygen atoms in total. The maximum Gasteiger partial charge on any atom is 0.471 e. The topological polar surface area (TPSA) is 58.2 Å². The molecule has 2 amide bonds. The quantitative estimate of drug-likeness (QED) is 0.752. The monoisotopic (exact) mass is 279 g/mol. The lowest BCUT2D eigenvalue weighted by atomic mass is 10.2. The van der Waals surface area contributed by atoms with Gasteiger partial charge in [-0.2, -0.15) is 26.3 Å². The van der Waals surface area contributed by atoms with E-state index in [9.17, 15) is 35.9 Å². The van der Waals surface area contributed by atoms with Crippen molar-refractivity contribution in [1.82, 2.24) is 10.6 Å². The number of halogens is 6. The van der Waals surface area contributed by atoms with Crippen molar-refractivity contribution in [3.05, 3.63) is 6.92 Å². The molecule has 10 heteroatoms. The van der Waals surface area contributed by atoms with Crippen LogP contribution < -0.4 is 10.6 Å². The lowest BCUT2D eigenvalue weighted by Gasteiger charge is -2.15. The molecule has 0 aliphatic heterocycles. The van der Waals surface area contributed by atoms with E-state index in [1.807, 2.05) is 0 Å². The molecule has 105 valence electrons. The number of hydrogen-bond donors (Lipinski definition) is 2. The van der Waals surface area contributed by atoms with Crippen LogP contribution in [0.25, 0.3) is 0 Å². The summed E-state index contributed by atoms with van der Waals surface area (Å²) < 4.78 is 70.4. The minimum absolute atomic E-state index is 0.371. The maximum atomic E-state index is 11.8. The number of rotatable bonds is 4. The minimum Gasteiger partial charge on any atom is -0.348 e. The van der Waals surface area contributed by atoms with Gasteiger partial charge >= 0.3 is 24.2 Å². The zero-order valence-corrected chi connectivity index (χ0v) is 8.78. The van der Waals surface area contributed by atoms with Crippen molar-refractivity contribution in [3.8, 4) is 0 Å². The molecule has 18 heavy (non-hydrogen) atoms. The fourth-order valence-electron chi connectivity index (χ4n) is 0.800. The Hall–Kier alpha value is -1.48. The van der Waals surface area contributed by atoms with Crippen LogP contribution in [-0.4, -0.2) is 36.8 Å². The van der Waals surface area contributed by atoms with Crippen LogP contribution in [-0.2, 0) is 9.59 Å². The van der Waals surface area contributed by atoms with Gasteiger partial charge in [0.1, 0.15) is 0 Å². The van der Waals surface area contributed by atoms with Crippen LogP contribution in [0.2, 0.25) is 0 Å². The van der Waals surface area contributed by atoms with Gasteiger partial charge in [0.2, 0.25) is 0 Å². The fraction of sp³-hybridized carbons (Fsp3) is 0.625. The molecule has 0 saturated heterocycles.